The van der Waals surface area contributed by atoms with Crippen LogP contribution in [0.25, 0.3) is 0 Å². The van der Waals surface area contributed by atoms with Crippen molar-refractivity contribution < 1.29 is 26.4 Å². The van der Waals surface area contributed by atoms with Gasteiger partial charge in [-0.05, 0) is 31.0 Å². The number of amides is 1. The molecule has 1 aliphatic carbocycles. The molecule has 128 valence electrons. The van der Waals surface area contributed by atoms with E-state index in [2.05, 4.69) is 5.32 Å². The normalized spacial score (nSPS) is 15.7. The van der Waals surface area contributed by atoms with E-state index in [4.69, 9.17) is 11.6 Å². The Labute approximate surface area is 136 Å². The maximum absolute atomic E-state index is 12.8. The van der Waals surface area contributed by atoms with Gasteiger partial charge in [-0.2, -0.15) is 17.5 Å². The summed E-state index contributed by atoms with van der Waals surface area (Å²) in [6.07, 6.45) is -3.09. The van der Waals surface area contributed by atoms with E-state index in [0.717, 1.165) is 32.0 Å². The van der Waals surface area contributed by atoms with Gasteiger partial charge in [0.25, 0.3) is 0 Å². The minimum Gasteiger partial charge on any atom is -0.352 e. The average molecular weight is 371 g/mol. The molecule has 0 spiro atoms. The topological polar surface area (TPSA) is 66.5 Å². The lowest BCUT2D eigenvalue weighted by molar-refractivity contribution is -0.137. The van der Waals surface area contributed by atoms with Gasteiger partial charge in [-0.3, -0.25) is 4.79 Å². The molecule has 10 heteroatoms. The summed E-state index contributed by atoms with van der Waals surface area (Å²) >= 11 is 5.47. The van der Waals surface area contributed by atoms with E-state index < -0.39 is 44.1 Å². The molecule has 0 atom stereocenters. The number of hydrogen-bond donors (Lipinski definition) is 1. The number of sulfonamides is 1. The van der Waals surface area contributed by atoms with Gasteiger partial charge >= 0.3 is 6.18 Å². The molecule has 0 unspecified atom stereocenters. The number of hydrogen-bond acceptors (Lipinski definition) is 3. The summed E-state index contributed by atoms with van der Waals surface area (Å²) < 4.78 is 63.8. The van der Waals surface area contributed by atoms with E-state index >= 15 is 0 Å². The van der Waals surface area contributed by atoms with Crippen LogP contribution in [0.4, 0.5) is 13.2 Å². The molecule has 1 aliphatic rings. The Bertz CT molecular complexity index is 718. The van der Waals surface area contributed by atoms with E-state index in [1.807, 2.05) is 0 Å². The van der Waals surface area contributed by atoms with Crippen molar-refractivity contribution in [1.82, 2.24) is 9.62 Å². The molecule has 1 aromatic carbocycles. The van der Waals surface area contributed by atoms with E-state index in [1.54, 1.807) is 0 Å². The molecule has 5 nitrogen and oxygen atoms in total. The zero-order chi connectivity index (χ0) is 17.4. The van der Waals surface area contributed by atoms with E-state index in [1.165, 1.54) is 0 Å². The predicted octanol–water partition coefficient (Wildman–Crippen LogP) is 2.26. The number of alkyl halides is 3. The second-order valence-corrected chi connectivity index (χ2v) is 7.69. The zero-order valence-corrected chi connectivity index (χ0v) is 13.6. The highest BCUT2D eigenvalue weighted by Gasteiger charge is 2.35. The van der Waals surface area contributed by atoms with Crippen LogP contribution in [-0.2, 0) is 21.0 Å². The molecule has 2 rings (SSSR count). The van der Waals surface area contributed by atoms with Crippen molar-refractivity contribution in [1.29, 1.82) is 0 Å². The van der Waals surface area contributed by atoms with Gasteiger partial charge < -0.3 is 5.32 Å². The van der Waals surface area contributed by atoms with Gasteiger partial charge in [0.05, 0.1) is 22.0 Å². The third kappa shape index (κ3) is 4.36. The average Bonchev–Trinajstić information content (AvgIpc) is 3.21. The first kappa shape index (κ1) is 18.0. The summed E-state index contributed by atoms with van der Waals surface area (Å²) in [5.74, 6) is -0.497. The maximum atomic E-state index is 12.8. The van der Waals surface area contributed by atoms with Crippen molar-refractivity contribution in [2.24, 2.45) is 0 Å². The molecule has 0 saturated heterocycles. The van der Waals surface area contributed by atoms with Gasteiger partial charge in [-0.15, -0.1) is 0 Å². The molecule has 0 heterocycles. The molecule has 0 aromatic heterocycles. The summed E-state index contributed by atoms with van der Waals surface area (Å²) in [6, 6.07) is 2.37. The fourth-order valence-electron chi connectivity index (χ4n) is 1.85. The Balaban J connectivity index is 2.22. The highest BCUT2D eigenvalue weighted by molar-refractivity contribution is 7.89. The lowest BCUT2D eigenvalue weighted by atomic mass is 10.2. The van der Waals surface area contributed by atoms with Crippen LogP contribution in [0.3, 0.4) is 0 Å². The quantitative estimate of drug-likeness (QED) is 0.864. The first-order chi connectivity index (χ1) is 10.5. The Hall–Kier alpha value is -1.32. The lowest BCUT2D eigenvalue weighted by Gasteiger charge is -2.18. The molecular formula is C13H14ClF3N2O3S. The molecule has 1 saturated carbocycles. The molecule has 1 fully saturated rings. The molecule has 0 bridgehead atoms. The molecule has 0 aliphatic heterocycles. The van der Waals surface area contributed by atoms with Crippen molar-refractivity contribution in [3.63, 3.8) is 0 Å². The van der Waals surface area contributed by atoms with Crippen molar-refractivity contribution in [3.8, 4) is 0 Å². The van der Waals surface area contributed by atoms with Crippen LogP contribution in [0.15, 0.2) is 23.1 Å². The Kier molecular flexibility index (Phi) is 4.93. The number of likely N-dealkylation sites (N-methyl/N-ethyl adjacent to an activating group) is 1. The van der Waals surface area contributed by atoms with Crippen LogP contribution >= 0.6 is 11.6 Å². The second-order valence-electron chi connectivity index (χ2n) is 5.24. The lowest BCUT2D eigenvalue weighted by Crippen LogP contribution is -2.39. The van der Waals surface area contributed by atoms with Crippen LogP contribution in [0.1, 0.15) is 18.4 Å². The first-order valence-corrected chi connectivity index (χ1v) is 8.46. The summed E-state index contributed by atoms with van der Waals surface area (Å²) in [5.41, 5.74) is -1.24. The van der Waals surface area contributed by atoms with Crippen LogP contribution in [0.2, 0.25) is 5.02 Å². The molecular weight excluding hydrogens is 357 g/mol. The maximum Gasteiger partial charge on any atom is 0.417 e. The van der Waals surface area contributed by atoms with Crippen molar-refractivity contribution in [2.45, 2.75) is 30.0 Å². The van der Waals surface area contributed by atoms with Gasteiger partial charge in [-0.1, -0.05) is 11.6 Å². The summed E-state index contributed by atoms with van der Waals surface area (Å²) in [7, 11) is -3.11. The SMILES string of the molecule is CN(CC(=O)NC1CC1)S(=O)(=O)c1ccc(Cl)c(C(F)(F)F)c1. The van der Waals surface area contributed by atoms with Crippen LogP contribution < -0.4 is 5.32 Å². The number of rotatable bonds is 5. The molecule has 23 heavy (non-hydrogen) atoms. The van der Waals surface area contributed by atoms with E-state index in [0.29, 0.717) is 10.4 Å². The molecule has 0 radical (unpaired) electrons. The summed E-state index contributed by atoms with van der Waals surface area (Å²) in [5, 5.41) is 2.01. The van der Waals surface area contributed by atoms with Crippen molar-refractivity contribution in [2.75, 3.05) is 13.6 Å². The predicted molar refractivity (Wildman–Crippen MR) is 77.4 cm³/mol. The smallest absolute Gasteiger partial charge is 0.352 e. The Morgan fingerprint density at radius 2 is 2.00 bits per heavy atom. The van der Waals surface area contributed by atoms with E-state index in [9.17, 15) is 26.4 Å². The Morgan fingerprint density at radius 3 is 2.52 bits per heavy atom. The standard InChI is InChI=1S/C13H14ClF3N2O3S/c1-19(7-12(20)18-8-2-3-8)23(21,22)9-4-5-11(14)10(6-9)13(15,16)17/h4-6,8H,2-3,7H2,1H3,(H,18,20). The number of nitrogens with zero attached hydrogens (tertiary/aromatic N) is 1. The fraction of sp³-hybridized carbons (Fsp3) is 0.462. The first-order valence-electron chi connectivity index (χ1n) is 6.64. The Morgan fingerprint density at radius 1 is 1.39 bits per heavy atom. The number of carbonyl (C=O) groups is 1. The van der Waals surface area contributed by atoms with E-state index in [-0.39, 0.29) is 6.04 Å². The summed E-state index contributed by atoms with van der Waals surface area (Å²) in [4.78, 5) is 11.1. The van der Waals surface area contributed by atoms with Crippen LogP contribution in [0.5, 0.6) is 0 Å². The fourth-order valence-corrected chi connectivity index (χ4v) is 3.23. The van der Waals surface area contributed by atoms with Crippen molar-refractivity contribution >= 4 is 27.5 Å². The van der Waals surface area contributed by atoms with Gasteiger partial charge in [-0.25, -0.2) is 8.42 Å². The minimum absolute atomic E-state index is 0.0611. The molecule has 1 N–H and O–H groups in total. The monoisotopic (exact) mass is 370 g/mol. The third-order valence-corrected chi connectivity index (χ3v) is 5.39. The molecule has 1 aromatic rings. The molecule has 1 amide bonds. The number of nitrogens with one attached hydrogen (secondary N) is 1. The van der Waals surface area contributed by atoms with Crippen LogP contribution in [-0.4, -0.2) is 38.3 Å². The number of halogens is 4. The van der Waals surface area contributed by atoms with Gasteiger partial charge in [0.15, 0.2) is 0 Å². The van der Waals surface area contributed by atoms with Gasteiger partial charge in [0, 0.05) is 13.1 Å². The number of carbonyl (C=O) groups excluding carboxylic acids is 1. The van der Waals surface area contributed by atoms with Crippen molar-refractivity contribution in [3.05, 3.63) is 28.8 Å². The highest BCUT2D eigenvalue weighted by atomic mass is 35.5. The van der Waals surface area contributed by atoms with Crippen LogP contribution in [0, 0.1) is 0 Å². The summed E-state index contributed by atoms with van der Waals surface area (Å²) in [6.45, 7) is -0.469. The highest BCUT2D eigenvalue weighted by Crippen LogP contribution is 2.36. The minimum atomic E-state index is -4.77. The number of benzene rings is 1. The van der Waals surface area contributed by atoms with Gasteiger partial charge in [0.1, 0.15) is 0 Å². The third-order valence-electron chi connectivity index (χ3n) is 3.26. The largest absolute Gasteiger partial charge is 0.417 e. The van der Waals surface area contributed by atoms with Gasteiger partial charge in [0.2, 0.25) is 15.9 Å². The zero-order valence-electron chi connectivity index (χ0n) is 12.0. The second kappa shape index (κ2) is 6.29.